The van der Waals surface area contributed by atoms with E-state index in [9.17, 15) is 0 Å². The zero-order valence-corrected chi connectivity index (χ0v) is 10.4. The molecular formula is C15H14S. The molecular weight excluding hydrogens is 212 g/mol. The second-order valence-electron chi connectivity index (χ2n) is 4.29. The van der Waals surface area contributed by atoms with Gasteiger partial charge in [0.2, 0.25) is 0 Å². The van der Waals surface area contributed by atoms with Crippen LogP contribution in [0.2, 0.25) is 0 Å². The lowest BCUT2D eigenvalue weighted by molar-refractivity contribution is 1.15. The molecule has 1 heteroatoms. The van der Waals surface area contributed by atoms with E-state index in [4.69, 9.17) is 0 Å². The first-order valence-electron chi connectivity index (χ1n) is 5.69. The molecule has 16 heavy (non-hydrogen) atoms. The van der Waals surface area contributed by atoms with Gasteiger partial charge in [0.25, 0.3) is 0 Å². The Morgan fingerprint density at radius 1 is 0.938 bits per heavy atom. The summed E-state index contributed by atoms with van der Waals surface area (Å²) in [6.07, 6.45) is 1.11. The molecule has 1 aromatic heterocycles. The Hall–Kier alpha value is -1.34. The largest absolute Gasteiger partial charge is 0.135 e. The number of fused-ring (bicyclic) bond motifs is 3. The highest BCUT2D eigenvalue weighted by atomic mass is 32.1. The molecule has 3 aromatic rings. The maximum Gasteiger partial charge on any atom is 0.0355 e. The summed E-state index contributed by atoms with van der Waals surface area (Å²) in [6.45, 7) is 4.37. The van der Waals surface area contributed by atoms with Gasteiger partial charge >= 0.3 is 0 Å². The van der Waals surface area contributed by atoms with E-state index >= 15 is 0 Å². The summed E-state index contributed by atoms with van der Waals surface area (Å²) in [6, 6.07) is 13.6. The molecule has 0 aliphatic heterocycles. The molecule has 2 aromatic carbocycles. The van der Waals surface area contributed by atoms with Gasteiger partial charge in [-0.15, -0.1) is 11.3 Å². The number of thiophene rings is 1. The molecule has 0 nitrogen and oxygen atoms in total. The Morgan fingerprint density at radius 3 is 2.38 bits per heavy atom. The van der Waals surface area contributed by atoms with Gasteiger partial charge in [-0.1, -0.05) is 24.6 Å². The van der Waals surface area contributed by atoms with Gasteiger partial charge in [-0.2, -0.15) is 0 Å². The minimum atomic E-state index is 1.11. The topological polar surface area (TPSA) is 0 Å². The Labute approximate surface area is 99.5 Å². The molecule has 0 saturated carbocycles. The molecule has 0 aliphatic carbocycles. The lowest BCUT2D eigenvalue weighted by Gasteiger charge is -1.97. The first-order chi connectivity index (χ1) is 7.78. The Bertz CT molecular complexity index is 662. The van der Waals surface area contributed by atoms with Crippen molar-refractivity contribution in [3.05, 3.63) is 47.5 Å². The van der Waals surface area contributed by atoms with E-state index in [0.29, 0.717) is 0 Å². The van der Waals surface area contributed by atoms with Crippen LogP contribution in [0.1, 0.15) is 18.1 Å². The van der Waals surface area contributed by atoms with E-state index in [2.05, 4.69) is 50.2 Å². The van der Waals surface area contributed by atoms with Crippen LogP contribution in [0, 0.1) is 6.92 Å². The summed E-state index contributed by atoms with van der Waals surface area (Å²) >= 11 is 1.89. The second-order valence-corrected chi connectivity index (χ2v) is 5.37. The fraction of sp³-hybridized carbons (Fsp3) is 0.200. The van der Waals surface area contributed by atoms with Crippen LogP contribution in [0.5, 0.6) is 0 Å². The summed E-state index contributed by atoms with van der Waals surface area (Å²) in [7, 11) is 0. The molecule has 0 bridgehead atoms. The van der Waals surface area contributed by atoms with Crippen molar-refractivity contribution >= 4 is 31.5 Å². The highest BCUT2D eigenvalue weighted by Crippen LogP contribution is 2.34. The quantitative estimate of drug-likeness (QED) is 0.552. The first-order valence-corrected chi connectivity index (χ1v) is 6.51. The highest BCUT2D eigenvalue weighted by Gasteiger charge is 2.05. The molecule has 3 rings (SSSR count). The third-order valence-electron chi connectivity index (χ3n) is 3.10. The molecule has 0 amide bonds. The van der Waals surface area contributed by atoms with Crippen molar-refractivity contribution in [2.45, 2.75) is 20.3 Å². The number of hydrogen-bond donors (Lipinski definition) is 0. The average molecular weight is 226 g/mol. The number of rotatable bonds is 1. The van der Waals surface area contributed by atoms with Crippen molar-refractivity contribution in [3.8, 4) is 0 Å². The molecule has 0 atom stereocenters. The Kier molecular flexibility index (Phi) is 2.22. The average Bonchev–Trinajstić information content (AvgIpc) is 2.66. The fourth-order valence-electron chi connectivity index (χ4n) is 2.16. The van der Waals surface area contributed by atoms with Crippen LogP contribution in [0.4, 0.5) is 0 Å². The SMILES string of the molecule is CCc1ccc2sc3ccc(C)cc3c2c1. The lowest BCUT2D eigenvalue weighted by Crippen LogP contribution is -1.77. The summed E-state index contributed by atoms with van der Waals surface area (Å²) in [4.78, 5) is 0. The van der Waals surface area contributed by atoms with Crippen LogP contribution in [0.15, 0.2) is 36.4 Å². The second kappa shape index (κ2) is 3.60. The van der Waals surface area contributed by atoms with E-state index in [0.717, 1.165) is 6.42 Å². The van der Waals surface area contributed by atoms with Gasteiger partial charge in [-0.3, -0.25) is 0 Å². The van der Waals surface area contributed by atoms with Crippen LogP contribution in [-0.4, -0.2) is 0 Å². The van der Waals surface area contributed by atoms with Crippen molar-refractivity contribution < 1.29 is 0 Å². The number of aryl methyl sites for hydroxylation is 2. The number of benzene rings is 2. The maximum absolute atomic E-state index is 2.34. The zero-order chi connectivity index (χ0) is 11.1. The molecule has 0 fully saturated rings. The predicted molar refractivity (Wildman–Crippen MR) is 73.4 cm³/mol. The smallest absolute Gasteiger partial charge is 0.0355 e. The van der Waals surface area contributed by atoms with E-state index in [-0.39, 0.29) is 0 Å². The zero-order valence-electron chi connectivity index (χ0n) is 9.58. The summed E-state index contributed by atoms with van der Waals surface area (Å²) in [5, 5.41) is 2.83. The number of hydrogen-bond acceptors (Lipinski definition) is 1. The lowest BCUT2D eigenvalue weighted by atomic mass is 10.1. The van der Waals surface area contributed by atoms with E-state index in [1.165, 1.54) is 31.3 Å². The molecule has 0 saturated heterocycles. The van der Waals surface area contributed by atoms with Gasteiger partial charge in [0, 0.05) is 20.2 Å². The van der Waals surface area contributed by atoms with Crippen LogP contribution >= 0.6 is 11.3 Å². The van der Waals surface area contributed by atoms with E-state index < -0.39 is 0 Å². The van der Waals surface area contributed by atoms with Crippen LogP contribution in [0.3, 0.4) is 0 Å². The highest BCUT2D eigenvalue weighted by molar-refractivity contribution is 7.25. The third-order valence-corrected chi connectivity index (χ3v) is 4.25. The van der Waals surface area contributed by atoms with Gasteiger partial charge in [0.15, 0.2) is 0 Å². The molecule has 0 unspecified atom stereocenters. The van der Waals surface area contributed by atoms with E-state index in [1.54, 1.807) is 0 Å². The van der Waals surface area contributed by atoms with Crippen LogP contribution in [-0.2, 0) is 6.42 Å². The summed E-state index contributed by atoms with van der Waals surface area (Å²) in [5.41, 5.74) is 2.77. The van der Waals surface area contributed by atoms with Gasteiger partial charge < -0.3 is 0 Å². The van der Waals surface area contributed by atoms with Crippen molar-refractivity contribution in [1.82, 2.24) is 0 Å². The minimum Gasteiger partial charge on any atom is -0.135 e. The monoisotopic (exact) mass is 226 g/mol. The third kappa shape index (κ3) is 1.43. The predicted octanol–water partition coefficient (Wildman–Crippen LogP) is 4.93. The van der Waals surface area contributed by atoms with Crippen LogP contribution in [0.25, 0.3) is 20.2 Å². The Balaban J connectivity index is 2.44. The molecule has 80 valence electrons. The maximum atomic E-state index is 2.34. The summed E-state index contributed by atoms with van der Waals surface area (Å²) < 4.78 is 2.80. The van der Waals surface area contributed by atoms with Crippen molar-refractivity contribution in [2.75, 3.05) is 0 Å². The van der Waals surface area contributed by atoms with E-state index in [1.807, 2.05) is 11.3 Å². The molecule has 0 spiro atoms. The van der Waals surface area contributed by atoms with Crippen molar-refractivity contribution in [1.29, 1.82) is 0 Å². The van der Waals surface area contributed by atoms with Crippen molar-refractivity contribution in [2.24, 2.45) is 0 Å². The van der Waals surface area contributed by atoms with Crippen molar-refractivity contribution in [3.63, 3.8) is 0 Å². The van der Waals surface area contributed by atoms with Crippen LogP contribution < -0.4 is 0 Å². The normalized spacial score (nSPS) is 11.4. The molecule has 0 aliphatic rings. The van der Waals surface area contributed by atoms with Gasteiger partial charge in [-0.25, -0.2) is 0 Å². The standard InChI is InChI=1S/C15H14S/c1-3-11-5-7-15-13(9-11)12-8-10(2)4-6-14(12)16-15/h4-9H,3H2,1-2H3. The fourth-order valence-corrected chi connectivity index (χ4v) is 3.23. The van der Waals surface area contributed by atoms with Gasteiger partial charge in [0.1, 0.15) is 0 Å². The summed E-state index contributed by atoms with van der Waals surface area (Å²) in [5.74, 6) is 0. The minimum absolute atomic E-state index is 1.11. The Morgan fingerprint density at radius 2 is 1.62 bits per heavy atom. The van der Waals surface area contributed by atoms with Gasteiger partial charge in [0.05, 0.1) is 0 Å². The van der Waals surface area contributed by atoms with Gasteiger partial charge in [-0.05, 0) is 43.2 Å². The molecule has 1 heterocycles. The molecule has 0 radical (unpaired) electrons. The first kappa shape index (κ1) is 9.86. The molecule has 0 N–H and O–H groups in total.